The van der Waals surface area contributed by atoms with E-state index in [9.17, 15) is 4.39 Å². The number of nitrogens with zero attached hydrogens (tertiary/aromatic N) is 4. The molecule has 5 rings (SSSR count). The van der Waals surface area contributed by atoms with Gasteiger partial charge in [-0.2, -0.15) is 4.98 Å². The zero-order chi connectivity index (χ0) is 16.9. The largest absolute Gasteiger partial charge is 0.351 e. The van der Waals surface area contributed by atoms with Gasteiger partial charge < -0.3 is 10.3 Å². The summed E-state index contributed by atoms with van der Waals surface area (Å²) < 4.78 is 13.7. The molecule has 2 N–H and O–H groups in total. The Kier molecular flexibility index (Phi) is 2.97. The molecule has 0 amide bonds. The van der Waals surface area contributed by atoms with E-state index in [1.54, 1.807) is 18.7 Å². The average molecular weight is 334 g/mol. The van der Waals surface area contributed by atoms with Crippen molar-refractivity contribution >= 4 is 27.9 Å². The first-order chi connectivity index (χ1) is 12.2. The number of rotatable bonds is 4. The molecule has 1 aliphatic rings. The molecule has 1 aliphatic carbocycles. The molecule has 25 heavy (non-hydrogen) atoms. The second kappa shape index (κ2) is 5.20. The van der Waals surface area contributed by atoms with Crippen LogP contribution in [-0.2, 0) is 0 Å². The van der Waals surface area contributed by atoms with Crippen LogP contribution in [0.25, 0.3) is 33.1 Å². The Bertz CT molecular complexity index is 1090. The van der Waals surface area contributed by atoms with Crippen molar-refractivity contribution in [1.29, 1.82) is 0 Å². The molecule has 3 aromatic heterocycles. The van der Waals surface area contributed by atoms with Gasteiger partial charge in [-0.15, -0.1) is 0 Å². The van der Waals surface area contributed by atoms with Gasteiger partial charge in [-0.3, -0.25) is 0 Å². The van der Waals surface area contributed by atoms with E-state index >= 15 is 0 Å². The number of H-pyrrole nitrogens is 1. The molecule has 6 nitrogen and oxygen atoms in total. The van der Waals surface area contributed by atoms with Gasteiger partial charge in [-0.05, 0) is 30.5 Å². The van der Waals surface area contributed by atoms with E-state index < -0.39 is 5.67 Å². The predicted octanol–water partition coefficient (Wildman–Crippen LogP) is 3.48. The summed E-state index contributed by atoms with van der Waals surface area (Å²) in [7, 11) is 0. The number of fused-ring (bicyclic) bond motifs is 2. The van der Waals surface area contributed by atoms with Crippen molar-refractivity contribution in [2.75, 3.05) is 11.9 Å². The maximum absolute atomic E-state index is 13.7. The fraction of sp³-hybridized carbons (Fsp3) is 0.222. The number of aromatic amines is 1. The Morgan fingerprint density at radius 1 is 1.20 bits per heavy atom. The molecule has 1 fully saturated rings. The predicted molar refractivity (Wildman–Crippen MR) is 94.0 cm³/mol. The number of alkyl halides is 1. The van der Waals surface area contributed by atoms with E-state index in [4.69, 9.17) is 0 Å². The molecular weight excluding hydrogens is 319 g/mol. The van der Waals surface area contributed by atoms with Crippen LogP contribution in [0.3, 0.4) is 0 Å². The third-order valence-corrected chi connectivity index (χ3v) is 4.60. The molecule has 0 radical (unpaired) electrons. The van der Waals surface area contributed by atoms with Crippen LogP contribution < -0.4 is 5.32 Å². The van der Waals surface area contributed by atoms with Crippen molar-refractivity contribution in [3.63, 3.8) is 0 Å². The highest BCUT2D eigenvalue weighted by Crippen LogP contribution is 2.39. The zero-order valence-corrected chi connectivity index (χ0v) is 13.3. The lowest BCUT2D eigenvalue weighted by molar-refractivity contribution is 0.326. The SMILES string of the molecule is FC1(CNc2ncc3c(-c4ccc5ncncc5c4)c[nH]c3n2)CC1. The van der Waals surface area contributed by atoms with Gasteiger partial charge in [-0.25, -0.2) is 19.3 Å². The minimum atomic E-state index is -1.08. The highest BCUT2D eigenvalue weighted by atomic mass is 19.1. The number of hydrogen-bond donors (Lipinski definition) is 2. The van der Waals surface area contributed by atoms with Gasteiger partial charge in [0.1, 0.15) is 17.6 Å². The smallest absolute Gasteiger partial charge is 0.224 e. The Labute approximate surface area is 142 Å². The summed E-state index contributed by atoms with van der Waals surface area (Å²) in [5.41, 5.74) is 2.60. The molecule has 0 atom stereocenters. The summed E-state index contributed by atoms with van der Waals surface area (Å²) in [6.07, 6.45) is 8.23. The number of hydrogen-bond acceptors (Lipinski definition) is 5. The average Bonchev–Trinajstić information content (AvgIpc) is 3.24. The Morgan fingerprint density at radius 3 is 3.00 bits per heavy atom. The number of anilines is 1. The second-order valence-corrected chi connectivity index (χ2v) is 6.46. The first kappa shape index (κ1) is 14.3. The molecule has 0 unspecified atom stereocenters. The lowest BCUT2D eigenvalue weighted by Gasteiger charge is -2.07. The van der Waals surface area contributed by atoms with Gasteiger partial charge in [0, 0.05) is 34.9 Å². The molecule has 1 saturated carbocycles. The molecule has 1 aromatic carbocycles. The molecule has 3 heterocycles. The van der Waals surface area contributed by atoms with Gasteiger partial charge in [0.2, 0.25) is 5.95 Å². The topological polar surface area (TPSA) is 79.4 Å². The van der Waals surface area contributed by atoms with Crippen molar-refractivity contribution in [2.24, 2.45) is 0 Å². The van der Waals surface area contributed by atoms with Crippen LogP contribution in [0.1, 0.15) is 12.8 Å². The first-order valence-electron chi connectivity index (χ1n) is 8.17. The van der Waals surface area contributed by atoms with E-state index in [0.717, 1.165) is 33.1 Å². The van der Waals surface area contributed by atoms with E-state index in [-0.39, 0.29) is 6.54 Å². The number of benzene rings is 1. The molecule has 0 saturated heterocycles. The van der Waals surface area contributed by atoms with Crippen molar-refractivity contribution < 1.29 is 4.39 Å². The van der Waals surface area contributed by atoms with Gasteiger partial charge in [0.25, 0.3) is 0 Å². The van der Waals surface area contributed by atoms with E-state index in [1.807, 2.05) is 24.4 Å². The fourth-order valence-electron chi connectivity index (χ4n) is 2.93. The quantitative estimate of drug-likeness (QED) is 0.597. The van der Waals surface area contributed by atoms with Crippen LogP contribution in [0.5, 0.6) is 0 Å². The molecule has 124 valence electrons. The number of halogens is 1. The van der Waals surface area contributed by atoms with Gasteiger partial charge in [0.05, 0.1) is 12.1 Å². The van der Waals surface area contributed by atoms with Crippen molar-refractivity contribution in [3.05, 3.63) is 43.1 Å². The minimum absolute atomic E-state index is 0.261. The van der Waals surface area contributed by atoms with Crippen molar-refractivity contribution in [3.8, 4) is 11.1 Å². The molecule has 4 aromatic rings. The minimum Gasteiger partial charge on any atom is -0.351 e. The van der Waals surface area contributed by atoms with Crippen LogP contribution in [0.15, 0.2) is 43.1 Å². The summed E-state index contributed by atoms with van der Waals surface area (Å²) in [4.78, 5) is 20.3. The van der Waals surface area contributed by atoms with E-state index in [0.29, 0.717) is 18.8 Å². The maximum Gasteiger partial charge on any atom is 0.224 e. The van der Waals surface area contributed by atoms with Gasteiger partial charge in [-0.1, -0.05) is 6.07 Å². The zero-order valence-electron chi connectivity index (χ0n) is 13.3. The summed E-state index contributed by atoms with van der Waals surface area (Å²) >= 11 is 0. The lowest BCUT2D eigenvalue weighted by Crippen LogP contribution is -2.17. The summed E-state index contributed by atoms with van der Waals surface area (Å²) in [6.45, 7) is 0.261. The standard InChI is InChI=1S/C18H15FN6/c19-18(3-4-18)9-23-17-22-8-14-13(7-21-16(14)25-17)11-1-2-15-12(5-11)6-20-10-24-15/h1-2,5-8,10H,3-4,9H2,(H2,21,22,23,25). The third-order valence-electron chi connectivity index (χ3n) is 4.60. The lowest BCUT2D eigenvalue weighted by atomic mass is 10.0. The second-order valence-electron chi connectivity index (χ2n) is 6.46. The normalized spacial score (nSPS) is 15.6. The maximum atomic E-state index is 13.7. The summed E-state index contributed by atoms with van der Waals surface area (Å²) in [5.74, 6) is 0.441. The highest BCUT2D eigenvalue weighted by molar-refractivity contribution is 5.96. The number of aromatic nitrogens is 5. The molecule has 0 bridgehead atoms. The van der Waals surface area contributed by atoms with Crippen LogP contribution in [-0.4, -0.2) is 37.1 Å². The van der Waals surface area contributed by atoms with Crippen LogP contribution in [0, 0.1) is 0 Å². The highest BCUT2D eigenvalue weighted by Gasteiger charge is 2.43. The van der Waals surface area contributed by atoms with Crippen LogP contribution in [0.2, 0.25) is 0 Å². The van der Waals surface area contributed by atoms with Crippen LogP contribution >= 0.6 is 0 Å². The summed E-state index contributed by atoms with van der Waals surface area (Å²) in [5, 5.41) is 4.88. The van der Waals surface area contributed by atoms with Crippen LogP contribution in [0.4, 0.5) is 10.3 Å². The van der Waals surface area contributed by atoms with E-state index in [1.165, 1.54) is 0 Å². The Morgan fingerprint density at radius 2 is 2.12 bits per heavy atom. The van der Waals surface area contributed by atoms with Gasteiger partial charge in [0.15, 0.2) is 0 Å². The number of nitrogens with one attached hydrogen (secondary N) is 2. The first-order valence-corrected chi connectivity index (χ1v) is 8.17. The monoisotopic (exact) mass is 334 g/mol. The van der Waals surface area contributed by atoms with Crippen molar-refractivity contribution in [1.82, 2.24) is 24.9 Å². The summed E-state index contributed by atoms with van der Waals surface area (Å²) in [6, 6.07) is 6.03. The van der Waals surface area contributed by atoms with Gasteiger partial charge >= 0.3 is 0 Å². The molecular formula is C18H15FN6. The third kappa shape index (κ3) is 2.57. The molecule has 0 spiro atoms. The fourth-order valence-corrected chi connectivity index (χ4v) is 2.93. The Hall–Kier alpha value is -3.09. The van der Waals surface area contributed by atoms with Crippen molar-refractivity contribution in [2.45, 2.75) is 18.5 Å². The molecule has 0 aliphatic heterocycles. The van der Waals surface area contributed by atoms with E-state index in [2.05, 4.69) is 30.2 Å². The molecule has 7 heteroatoms. The Balaban J connectivity index is 1.50.